The summed E-state index contributed by atoms with van der Waals surface area (Å²) in [5.74, 6) is 0. The van der Waals surface area contributed by atoms with Crippen LogP contribution in [0.5, 0.6) is 0 Å². The number of rotatable bonds is 1. The summed E-state index contributed by atoms with van der Waals surface area (Å²) in [7, 11) is 0. The lowest BCUT2D eigenvalue weighted by molar-refractivity contribution is 0.414. The molecule has 134 valence electrons. The van der Waals surface area contributed by atoms with Crippen LogP contribution in [-0.2, 0) is 18.5 Å². The molecule has 1 aliphatic heterocycles. The van der Waals surface area contributed by atoms with E-state index in [9.17, 15) is 9.59 Å². The third-order valence-corrected chi connectivity index (χ3v) is 4.25. The average molecular weight is 332 g/mol. The van der Waals surface area contributed by atoms with Gasteiger partial charge < -0.3 is 9.13 Å². The molecule has 0 saturated heterocycles. The lowest BCUT2D eigenvalue weighted by Crippen LogP contribution is -2.44. The molecule has 2 aromatic rings. The van der Waals surface area contributed by atoms with Crippen LogP contribution in [-0.4, -0.2) is 9.13 Å². The van der Waals surface area contributed by atoms with Gasteiger partial charge in [0, 0.05) is 13.1 Å². The Hall–Kier alpha value is -1.84. The van der Waals surface area contributed by atoms with Crippen LogP contribution in [0.3, 0.4) is 0 Å². The monoisotopic (exact) mass is 332 g/mol. The highest BCUT2D eigenvalue weighted by Gasteiger charge is 2.30. The lowest BCUT2D eigenvalue weighted by atomic mass is 9.78. The van der Waals surface area contributed by atoms with E-state index in [-0.39, 0.29) is 5.41 Å². The molecule has 0 aliphatic carbocycles. The maximum absolute atomic E-state index is 12.2. The van der Waals surface area contributed by atoms with Crippen molar-refractivity contribution >= 4 is 11.0 Å². The van der Waals surface area contributed by atoms with Gasteiger partial charge in [-0.3, -0.25) is 9.59 Å². The minimum Gasteiger partial charge on any atom is -0.302 e. The van der Waals surface area contributed by atoms with Crippen molar-refractivity contribution in [2.24, 2.45) is 0 Å². The maximum Gasteiger partial charge on any atom is 0.316 e. The fourth-order valence-electron chi connectivity index (χ4n) is 3.07. The first-order valence-electron chi connectivity index (χ1n) is 9.15. The zero-order chi connectivity index (χ0) is 18.5. The fourth-order valence-corrected chi connectivity index (χ4v) is 3.07. The van der Waals surface area contributed by atoms with Crippen molar-refractivity contribution in [3.8, 4) is 0 Å². The summed E-state index contributed by atoms with van der Waals surface area (Å²) in [6.07, 6.45) is 2.13. The Labute approximate surface area is 145 Å². The van der Waals surface area contributed by atoms with Crippen molar-refractivity contribution in [2.45, 2.75) is 79.8 Å². The van der Waals surface area contributed by atoms with Gasteiger partial charge in [0.1, 0.15) is 0 Å². The Morgan fingerprint density at radius 2 is 1.62 bits per heavy atom. The highest BCUT2D eigenvalue weighted by atomic mass is 16.2. The van der Waals surface area contributed by atoms with E-state index in [1.54, 1.807) is 9.13 Å². The van der Waals surface area contributed by atoms with Crippen LogP contribution >= 0.6 is 0 Å². The Morgan fingerprint density at radius 3 is 2.17 bits per heavy atom. The summed E-state index contributed by atoms with van der Waals surface area (Å²) in [5, 5.41) is 0. The number of aryl methyl sites for hydroxylation is 2. The molecular formula is C20H32N2O2. The standard InChI is InChI=1S/C15H18N2O2.C3H8.C2H6/c1-4-16-11-7-5-6-10-12(11)17(14(19)13(16)18)9-8-15(10,2)3;1-3-2;1-2/h5-7H,4,8-9H2,1-3H3;3H2,1-2H3;1-2H3. The van der Waals surface area contributed by atoms with Crippen LogP contribution in [0, 0.1) is 0 Å². The Morgan fingerprint density at radius 1 is 1.04 bits per heavy atom. The first-order chi connectivity index (χ1) is 11.4. The summed E-state index contributed by atoms with van der Waals surface area (Å²) in [4.78, 5) is 24.3. The van der Waals surface area contributed by atoms with Crippen LogP contribution in [0.1, 0.15) is 66.9 Å². The highest BCUT2D eigenvalue weighted by Crippen LogP contribution is 2.36. The van der Waals surface area contributed by atoms with E-state index < -0.39 is 11.1 Å². The zero-order valence-electron chi connectivity index (χ0n) is 16.3. The minimum absolute atomic E-state index is 0.0436. The topological polar surface area (TPSA) is 44.0 Å². The molecule has 4 nitrogen and oxygen atoms in total. The second-order valence-electron chi connectivity index (χ2n) is 6.52. The third-order valence-electron chi connectivity index (χ3n) is 4.25. The van der Waals surface area contributed by atoms with Crippen molar-refractivity contribution in [2.75, 3.05) is 0 Å². The van der Waals surface area contributed by atoms with E-state index in [1.165, 1.54) is 6.42 Å². The number of hydrogen-bond donors (Lipinski definition) is 0. The Kier molecular flexibility index (Phi) is 7.00. The van der Waals surface area contributed by atoms with Gasteiger partial charge in [-0.25, -0.2) is 0 Å². The fraction of sp³-hybridized carbons (Fsp3) is 0.600. The molecule has 0 radical (unpaired) electrons. The van der Waals surface area contributed by atoms with Crippen LogP contribution in [0.2, 0.25) is 0 Å². The molecule has 0 amide bonds. The van der Waals surface area contributed by atoms with Gasteiger partial charge in [0.05, 0.1) is 11.0 Å². The molecule has 1 aliphatic rings. The first kappa shape index (κ1) is 20.2. The van der Waals surface area contributed by atoms with Gasteiger partial charge in [-0.05, 0) is 30.4 Å². The minimum atomic E-state index is -0.410. The van der Waals surface area contributed by atoms with E-state index in [1.807, 2.05) is 32.9 Å². The Bertz CT molecular complexity index is 798. The van der Waals surface area contributed by atoms with Gasteiger partial charge in [-0.1, -0.05) is 60.1 Å². The molecule has 0 fully saturated rings. The van der Waals surface area contributed by atoms with Crippen molar-refractivity contribution in [1.29, 1.82) is 0 Å². The second-order valence-corrected chi connectivity index (χ2v) is 6.52. The smallest absolute Gasteiger partial charge is 0.302 e. The summed E-state index contributed by atoms with van der Waals surface area (Å²) < 4.78 is 3.24. The zero-order valence-corrected chi connectivity index (χ0v) is 16.3. The summed E-state index contributed by atoms with van der Waals surface area (Å²) in [6, 6.07) is 5.98. The van der Waals surface area contributed by atoms with Crippen LogP contribution in [0.25, 0.3) is 11.0 Å². The first-order valence-corrected chi connectivity index (χ1v) is 9.15. The van der Waals surface area contributed by atoms with Crippen molar-refractivity contribution < 1.29 is 0 Å². The number of benzene rings is 1. The second kappa shape index (κ2) is 8.32. The van der Waals surface area contributed by atoms with Crippen molar-refractivity contribution in [3.63, 3.8) is 0 Å². The normalized spacial score (nSPS) is 14.3. The molecular weight excluding hydrogens is 300 g/mol. The largest absolute Gasteiger partial charge is 0.316 e. The van der Waals surface area contributed by atoms with E-state index in [4.69, 9.17) is 0 Å². The van der Waals surface area contributed by atoms with E-state index in [2.05, 4.69) is 33.8 Å². The third kappa shape index (κ3) is 3.47. The molecule has 0 atom stereocenters. The van der Waals surface area contributed by atoms with Gasteiger partial charge >= 0.3 is 11.1 Å². The van der Waals surface area contributed by atoms with Gasteiger partial charge in [0.25, 0.3) is 0 Å². The average Bonchev–Trinajstić information content (AvgIpc) is 2.57. The van der Waals surface area contributed by atoms with Gasteiger partial charge in [0.2, 0.25) is 0 Å². The number of para-hydroxylation sites is 1. The predicted octanol–water partition coefficient (Wildman–Crippen LogP) is 4.31. The summed E-state index contributed by atoms with van der Waals surface area (Å²) in [6.45, 7) is 15.7. The molecule has 0 spiro atoms. The Balaban J connectivity index is 0.000000521. The SMILES string of the molecule is CC.CCC.CCn1c(=O)c(=O)n2c3c(cccc31)C(C)(C)CC2. The molecule has 0 unspecified atom stereocenters. The molecule has 0 N–H and O–H groups in total. The molecule has 1 aromatic carbocycles. The van der Waals surface area contributed by atoms with Crippen molar-refractivity contribution in [3.05, 3.63) is 44.5 Å². The van der Waals surface area contributed by atoms with Crippen LogP contribution in [0.15, 0.2) is 27.8 Å². The predicted molar refractivity (Wildman–Crippen MR) is 103 cm³/mol. The molecule has 4 heteroatoms. The number of hydrogen-bond acceptors (Lipinski definition) is 2. The van der Waals surface area contributed by atoms with Gasteiger partial charge in [-0.15, -0.1) is 0 Å². The lowest BCUT2D eigenvalue weighted by Gasteiger charge is -2.33. The maximum atomic E-state index is 12.2. The molecule has 0 bridgehead atoms. The molecule has 3 rings (SSSR count). The van der Waals surface area contributed by atoms with E-state index in [0.29, 0.717) is 13.1 Å². The summed E-state index contributed by atoms with van der Waals surface area (Å²) >= 11 is 0. The molecule has 1 aromatic heterocycles. The number of aromatic nitrogens is 2. The number of nitrogens with zero attached hydrogens (tertiary/aromatic N) is 2. The van der Waals surface area contributed by atoms with Gasteiger partial charge in [0.15, 0.2) is 0 Å². The van der Waals surface area contributed by atoms with E-state index >= 15 is 0 Å². The quantitative estimate of drug-likeness (QED) is 0.731. The molecule has 2 heterocycles. The summed E-state index contributed by atoms with van der Waals surface area (Å²) in [5.41, 5.74) is 2.21. The van der Waals surface area contributed by atoms with Crippen LogP contribution in [0.4, 0.5) is 0 Å². The molecule has 0 saturated carbocycles. The van der Waals surface area contributed by atoms with Gasteiger partial charge in [-0.2, -0.15) is 0 Å². The van der Waals surface area contributed by atoms with Crippen LogP contribution < -0.4 is 11.1 Å². The highest BCUT2D eigenvalue weighted by molar-refractivity contribution is 5.80. The molecule has 24 heavy (non-hydrogen) atoms. The van der Waals surface area contributed by atoms with E-state index in [0.717, 1.165) is 23.0 Å². The van der Waals surface area contributed by atoms with Crippen molar-refractivity contribution in [1.82, 2.24) is 9.13 Å².